The van der Waals surface area contributed by atoms with Crippen molar-refractivity contribution < 1.29 is 4.42 Å². The molecule has 102 valence electrons. The number of fused-ring (bicyclic) bond motifs is 1. The van der Waals surface area contributed by atoms with E-state index in [1.54, 1.807) is 12.5 Å². The van der Waals surface area contributed by atoms with Crippen molar-refractivity contribution in [1.29, 1.82) is 0 Å². The van der Waals surface area contributed by atoms with Crippen LogP contribution < -0.4 is 0 Å². The van der Waals surface area contributed by atoms with Crippen LogP contribution in [-0.4, -0.2) is 9.55 Å². The van der Waals surface area contributed by atoms with Crippen molar-refractivity contribution >= 4 is 11.0 Å². The number of rotatable bonds is 3. The maximum atomic E-state index is 5.86. The molecule has 0 atom stereocenters. The van der Waals surface area contributed by atoms with Gasteiger partial charge in [0, 0.05) is 29.9 Å². The number of imidazole rings is 1. The highest BCUT2D eigenvalue weighted by Gasteiger charge is 2.04. The molecule has 3 heteroatoms. The predicted octanol–water partition coefficient (Wildman–Crippen LogP) is 4.21. The molecule has 0 aliphatic carbocycles. The fourth-order valence-corrected chi connectivity index (χ4v) is 2.52. The third-order valence-corrected chi connectivity index (χ3v) is 3.59. The molecule has 0 bridgehead atoms. The summed E-state index contributed by atoms with van der Waals surface area (Å²) in [7, 11) is 0. The summed E-state index contributed by atoms with van der Waals surface area (Å²) in [6.45, 7) is 0. The van der Waals surface area contributed by atoms with E-state index in [4.69, 9.17) is 4.42 Å². The molecule has 2 aromatic carbocycles. The first-order valence-corrected chi connectivity index (χ1v) is 6.93. The molecule has 2 aromatic heterocycles. The van der Waals surface area contributed by atoms with Crippen molar-refractivity contribution in [3.8, 4) is 5.69 Å². The molecule has 0 amide bonds. The van der Waals surface area contributed by atoms with Gasteiger partial charge in [-0.2, -0.15) is 0 Å². The largest absolute Gasteiger partial charge is 0.461 e. The van der Waals surface area contributed by atoms with E-state index in [0.717, 1.165) is 28.8 Å². The zero-order chi connectivity index (χ0) is 14.1. The van der Waals surface area contributed by atoms with Gasteiger partial charge in [0.25, 0.3) is 0 Å². The summed E-state index contributed by atoms with van der Waals surface area (Å²) in [4.78, 5) is 4.06. The van der Waals surface area contributed by atoms with Crippen LogP contribution in [-0.2, 0) is 6.42 Å². The van der Waals surface area contributed by atoms with Gasteiger partial charge in [0.15, 0.2) is 0 Å². The van der Waals surface area contributed by atoms with Gasteiger partial charge in [-0.3, -0.25) is 0 Å². The number of furan rings is 1. The maximum Gasteiger partial charge on any atom is 0.134 e. The third kappa shape index (κ3) is 2.34. The van der Waals surface area contributed by atoms with E-state index in [-0.39, 0.29) is 0 Å². The van der Waals surface area contributed by atoms with E-state index in [1.165, 1.54) is 5.56 Å². The highest BCUT2D eigenvalue weighted by molar-refractivity contribution is 5.77. The minimum absolute atomic E-state index is 0.804. The highest BCUT2D eigenvalue weighted by atomic mass is 16.3. The molecule has 0 unspecified atom stereocenters. The third-order valence-electron chi connectivity index (χ3n) is 3.59. The second-order valence-corrected chi connectivity index (χ2v) is 5.06. The lowest BCUT2D eigenvalue weighted by molar-refractivity contribution is 0.563. The Kier molecular flexibility index (Phi) is 2.82. The van der Waals surface area contributed by atoms with Crippen LogP contribution in [0.4, 0.5) is 0 Å². The van der Waals surface area contributed by atoms with Crippen molar-refractivity contribution in [2.75, 3.05) is 0 Å². The van der Waals surface area contributed by atoms with Crippen LogP contribution in [0.5, 0.6) is 0 Å². The Morgan fingerprint density at radius 2 is 1.86 bits per heavy atom. The molecule has 0 aliphatic heterocycles. The van der Waals surface area contributed by atoms with Crippen LogP contribution in [0, 0.1) is 0 Å². The number of nitrogens with zero attached hydrogens (tertiary/aromatic N) is 2. The van der Waals surface area contributed by atoms with Gasteiger partial charge >= 0.3 is 0 Å². The molecule has 0 aliphatic rings. The van der Waals surface area contributed by atoms with E-state index >= 15 is 0 Å². The maximum absolute atomic E-state index is 5.86. The van der Waals surface area contributed by atoms with Crippen LogP contribution in [0.3, 0.4) is 0 Å². The fraction of sp³-hybridized carbons (Fsp3) is 0.0556. The summed E-state index contributed by atoms with van der Waals surface area (Å²) < 4.78 is 7.85. The molecule has 3 nitrogen and oxygen atoms in total. The van der Waals surface area contributed by atoms with Crippen molar-refractivity contribution in [3.63, 3.8) is 0 Å². The van der Waals surface area contributed by atoms with Gasteiger partial charge in [0.1, 0.15) is 11.3 Å². The Bertz CT molecular complexity index is 825. The Morgan fingerprint density at radius 1 is 1.00 bits per heavy atom. The minimum atomic E-state index is 0.804. The molecular formula is C18H14N2O. The molecule has 2 heterocycles. The summed E-state index contributed by atoms with van der Waals surface area (Å²) in [6.07, 6.45) is 6.32. The average Bonchev–Trinajstić information content (AvgIpc) is 3.17. The Morgan fingerprint density at radius 3 is 2.62 bits per heavy atom. The zero-order valence-electron chi connectivity index (χ0n) is 11.4. The summed E-state index contributed by atoms with van der Waals surface area (Å²) in [5.41, 5.74) is 3.29. The molecule has 0 radical (unpaired) electrons. The van der Waals surface area contributed by atoms with Crippen LogP contribution in [0.25, 0.3) is 16.7 Å². The smallest absolute Gasteiger partial charge is 0.134 e. The van der Waals surface area contributed by atoms with Gasteiger partial charge in [-0.1, -0.05) is 30.3 Å². The lowest BCUT2D eigenvalue weighted by atomic mass is 10.1. The normalized spacial score (nSPS) is 11.0. The lowest BCUT2D eigenvalue weighted by Crippen LogP contribution is -1.91. The van der Waals surface area contributed by atoms with Crippen LogP contribution in [0.1, 0.15) is 11.3 Å². The molecule has 0 saturated heterocycles. The van der Waals surface area contributed by atoms with Gasteiger partial charge < -0.3 is 8.98 Å². The van der Waals surface area contributed by atoms with Crippen molar-refractivity contribution in [1.82, 2.24) is 9.55 Å². The summed E-state index contributed by atoms with van der Waals surface area (Å²) >= 11 is 0. The van der Waals surface area contributed by atoms with Gasteiger partial charge in [-0.15, -0.1) is 0 Å². The average molecular weight is 274 g/mol. The van der Waals surface area contributed by atoms with Gasteiger partial charge in [0.05, 0.1) is 6.33 Å². The molecule has 0 N–H and O–H groups in total. The van der Waals surface area contributed by atoms with Crippen molar-refractivity contribution in [3.05, 3.63) is 84.6 Å². The molecule has 0 fully saturated rings. The van der Waals surface area contributed by atoms with Crippen LogP contribution in [0.15, 0.2) is 77.7 Å². The Balaban J connectivity index is 1.59. The quantitative estimate of drug-likeness (QED) is 0.560. The fourth-order valence-electron chi connectivity index (χ4n) is 2.52. The van der Waals surface area contributed by atoms with Crippen molar-refractivity contribution in [2.24, 2.45) is 0 Å². The second-order valence-electron chi connectivity index (χ2n) is 5.06. The molecule has 4 rings (SSSR count). The predicted molar refractivity (Wildman–Crippen MR) is 82.6 cm³/mol. The van der Waals surface area contributed by atoms with E-state index < -0.39 is 0 Å². The van der Waals surface area contributed by atoms with Crippen molar-refractivity contribution in [2.45, 2.75) is 6.42 Å². The first-order valence-electron chi connectivity index (χ1n) is 6.93. The number of aromatic nitrogens is 2. The summed E-state index contributed by atoms with van der Waals surface area (Å²) in [5.74, 6) is 0.992. The van der Waals surface area contributed by atoms with Gasteiger partial charge in [-0.05, 0) is 29.8 Å². The van der Waals surface area contributed by atoms with E-state index in [1.807, 2.05) is 29.0 Å². The standard InChI is InChI=1S/C18H14N2O/c1-2-4-18-15(3-1)12-17(21-18)11-14-5-7-16(8-6-14)20-10-9-19-13-20/h1-10,12-13H,11H2. The summed E-state index contributed by atoms with van der Waals surface area (Å²) in [5, 5.41) is 1.16. The first-order chi connectivity index (χ1) is 10.4. The minimum Gasteiger partial charge on any atom is -0.461 e. The van der Waals surface area contributed by atoms with Gasteiger partial charge in [0.2, 0.25) is 0 Å². The zero-order valence-corrected chi connectivity index (χ0v) is 11.4. The van der Waals surface area contributed by atoms with E-state index in [2.05, 4.69) is 41.4 Å². The van der Waals surface area contributed by atoms with E-state index in [0.29, 0.717) is 0 Å². The molecule has 0 spiro atoms. The highest BCUT2D eigenvalue weighted by Crippen LogP contribution is 2.21. The van der Waals surface area contributed by atoms with Crippen LogP contribution >= 0.6 is 0 Å². The molecule has 0 saturated carbocycles. The molecule has 4 aromatic rings. The van der Waals surface area contributed by atoms with Gasteiger partial charge in [-0.25, -0.2) is 4.98 Å². The topological polar surface area (TPSA) is 31.0 Å². The number of hydrogen-bond donors (Lipinski definition) is 0. The van der Waals surface area contributed by atoms with Crippen LogP contribution in [0.2, 0.25) is 0 Å². The first kappa shape index (κ1) is 12.0. The summed E-state index contributed by atoms with van der Waals surface area (Å²) in [6, 6.07) is 18.7. The SMILES string of the molecule is c1ccc2oc(Cc3ccc(-n4ccnc4)cc3)cc2c1. The molecule has 21 heavy (non-hydrogen) atoms. The molecular weight excluding hydrogens is 260 g/mol. The Labute approximate surface area is 122 Å². The lowest BCUT2D eigenvalue weighted by Gasteiger charge is -2.03. The number of hydrogen-bond acceptors (Lipinski definition) is 2. The second kappa shape index (κ2) is 4.94. The number of benzene rings is 2. The van der Waals surface area contributed by atoms with E-state index in [9.17, 15) is 0 Å². The monoisotopic (exact) mass is 274 g/mol. The Hall–Kier alpha value is -2.81. The number of para-hydroxylation sites is 1.